The van der Waals surface area contributed by atoms with Crippen LogP contribution in [0.4, 0.5) is 28.9 Å². The van der Waals surface area contributed by atoms with Gasteiger partial charge in [-0.1, -0.05) is 12.1 Å². The first-order valence-electron chi connectivity index (χ1n) is 7.76. The Morgan fingerprint density at radius 2 is 1.70 bits per heavy atom. The van der Waals surface area contributed by atoms with E-state index in [1.54, 1.807) is 0 Å². The fraction of sp³-hybridized carbons (Fsp3) is 0.222. The summed E-state index contributed by atoms with van der Waals surface area (Å²) >= 11 is 0. The number of nitrogens with one attached hydrogen (secondary N) is 2. The van der Waals surface area contributed by atoms with Gasteiger partial charge in [0, 0.05) is 18.2 Å². The van der Waals surface area contributed by atoms with Gasteiger partial charge in [0.15, 0.2) is 0 Å². The summed E-state index contributed by atoms with van der Waals surface area (Å²) in [7, 11) is 0. The van der Waals surface area contributed by atoms with E-state index in [1.807, 2.05) is 0 Å². The zero-order chi connectivity index (χ0) is 20.0. The summed E-state index contributed by atoms with van der Waals surface area (Å²) in [4.78, 5) is 23.3. The van der Waals surface area contributed by atoms with Gasteiger partial charge in [-0.3, -0.25) is 9.59 Å². The van der Waals surface area contributed by atoms with Gasteiger partial charge in [-0.05, 0) is 35.9 Å². The van der Waals surface area contributed by atoms with Crippen LogP contribution >= 0.6 is 0 Å². The average molecular weight is 384 g/mol. The fourth-order valence-corrected chi connectivity index (χ4v) is 2.13. The molecule has 0 atom stereocenters. The van der Waals surface area contributed by atoms with Gasteiger partial charge in [-0.15, -0.1) is 0 Å². The van der Waals surface area contributed by atoms with Gasteiger partial charge in [0.1, 0.15) is 12.4 Å². The maximum absolute atomic E-state index is 13.8. The van der Waals surface area contributed by atoms with Crippen molar-refractivity contribution in [3.05, 3.63) is 59.4 Å². The lowest BCUT2D eigenvalue weighted by Gasteiger charge is -2.10. The van der Waals surface area contributed by atoms with Crippen LogP contribution in [0, 0.1) is 5.82 Å². The molecule has 0 aliphatic heterocycles. The van der Waals surface area contributed by atoms with Gasteiger partial charge in [0.05, 0.1) is 12.3 Å². The molecule has 2 rings (SSSR count). The quantitative estimate of drug-likeness (QED) is 0.737. The zero-order valence-corrected chi connectivity index (χ0v) is 14.2. The van der Waals surface area contributed by atoms with E-state index < -0.39 is 24.5 Å². The molecule has 144 valence electrons. The van der Waals surface area contributed by atoms with E-state index in [2.05, 4.69) is 15.4 Å². The first-order chi connectivity index (χ1) is 12.6. The Morgan fingerprint density at radius 1 is 1.04 bits per heavy atom. The third-order valence-corrected chi connectivity index (χ3v) is 3.29. The largest absolute Gasteiger partial charge is 0.411 e. The van der Waals surface area contributed by atoms with E-state index in [1.165, 1.54) is 43.3 Å². The van der Waals surface area contributed by atoms with Crippen molar-refractivity contribution in [1.29, 1.82) is 0 Å². The molecule has 0 radical (unpaired) electrons. The second-order valence-corrected chi connectivity index (χ2v) is 5.63. The van der Waals surface area contributed by atoms with E-state index >= 15 is 0 Å². The van der Waals surface area contributed by atoms with Crippen molar-refractivity contribution < 1.29 is 31.9 Å². The molecule has 0 fully saturated rings. The molecule has 0 spiro atoms. The van der Waals surface area contributed by atoms with Gasteiger partial charge >= 0.3 is 6.18 Å². The molecule has 0 aliphatic rings. The molecule has 2 aromatic rings. The molecule has 2 aromatic carbocycles. The summed E-state index contributed by atoms with van der Waals surface area (Å²) in [5, 5.41) is 4.85. The Balaban J connectivity index is 2.01. The number of alkyl halides is 3. The molecule has 0 saturated carbocycles. The normalized spacial score (nSPS) is 11.1. The van der Waals surface area contributed by atoms with Crippen molar-refractivity contribution in [3.63, 3.8) is 0 Å². The van der Waals surface area contributed by atoms with Crippen LogP contribution in [0.3, 0.4) is 0 Å². The molecule has 0 unspecified atom stereocenters. The number of hydrogen-bond acceptors (Lipinski definition) is 3. The highest BCUT2D eigenvalue weighted by Gasteiger charge is 2.27. The molecule has 0 bridgehead atoms. The van der Waals surface area contributed by atoms with Crippen LogP contribution in [-0.2, 0) is 16.1 Å². The van der Waals surface area contributed by atoms with Gasteiger partial charge in [-0.2, -0.15) is 13.2 Å². The zero-order valence-electron chi connectivity index (χ0n) is 14.2. The van der Waals surface area contributed by atoms with E-state index in [4.69, 9.17) is 0 Å². The van der Waals surface area contributed by atoms with Crippen molar-refractivity contribution >= 4 is 23.2 Å². The molecule has 0 saturated heterocycles. The predicted octanol–water partition coefficient (Wildman–Crippen LogP) is 4.12. The van der Waals surface area contributed by atoms with Crippen molar-refractivity contribution in [2.24, 2.45) is 0 Å². The van der Waals surface area contributed by atoms with Gasteiger partial charge in [-0.25, -0.2) is 4.39 Å². The summed E-state index contributed by atoms with van der Waals surface area (Å²) in [6.45, 7) is -0.324. The second kappa shape index (κ2) is 8.63. The van der Waals surface area contributed by atoms with Crippen LogP contribution in [0.5, 0.6) is 0 Å². The highest BCUT2D eigenvalue weighted by Crippen LogP contribution is 2.21. The maximum Gasteiger partial charge on any atom is 0.411 e. The summed E-state index contributed by atoms with van der Waals surface area (Å²) in [5.41, 5.74) is 0.828. The van der Waals surface area contributed by atoms with Crippen LogP contribution in [0.1, 0.15) is 22.8 Å². The number of amides is 2. The standard InChI is InChI=1S/C18H16F4N2O3/c1-11(25)23-14-6-7-15(19)16(8-14)24-17(26)13-4-2-12(3-5-13)9-27-10-18(20,21)22/h2-8H,9-10H2,1H3,(H,23,25)(H,24,26). The molecule has 5 nitrogen and oxygen atoms in total. The summed E-state index contributed by atoms with van der Waals surface area (Å²) in [5.74, 6) is -1.64. The minimum Gasteiger partial charge on any atom is -0.367 e. The summed E-state index contributed by atoms with van der Waals surface area (Å²) in [6.07, 6.45) is -4.41. The van der Waals surface area contributed by atoms with Crippen molar-refractivity contribution in [2.45, 2.75) is 19.7 Å². The van der Waals surface area contributed by atoms with E-state index in [0.717, 1.165) is 6.07 Å². The van der Waals surface area contributed by atoms with Crippen molar-refractivity contribution in [2.75, 3.05) is 17.2 Å². The first kappa shape index (κ1) is 20.4. The Hall–Kier alpha value is -2.94. The van der Waals surface area contributed by atoms with Crippen LogP contribution in [0.2, 0.25) is 0 Å². The maximum atomic E-state index is 13.8. The number of ether oxygens (including phenoxy) is 1. The van der Waals surface area contributed by atoms with Crippen LogP contribution in [0.15, 0.2) is 42.5 Å². The molecule has 0 aromatic heterocycles. The first-order valence-corrected chi connectivity index (χ1v) is 7.76. The van der Waals surface area contributed by atoms with Crippen LogP contribution < -0.4 is 10.6 Å². The minimum absolute atomic E-state index is 0.121. The SMILES string of the molecule is CC(=O)Nc1ccc(F)c(NC(=O)c2ccc(COCC(F)(F)F)cc2)c1. The number of anilines is 2. The highest BCUT2D eigenvalue weighted by atomic mass is 19.4. The van der Waals surface area contributed by atoms with Gasteiger partial charge in [0.2, 0.25) is 5.91 Å². The molecule has 0 aliphatic carbocycles. The monoisotopic (exact) mass is 384 g/mol. The summed E-state index contributed by atoms with van der Waals surface area (Å²) in [6, 6.07) is 9.37. The fourth-order valence-electron chi connectivity index (χ4n) is 2.13. The third kappa shape index (κ3) is 6.70. The molecule has 2 N–H and O–H groups in total. The minimum atomic E-state index is -4.41. The lowest BCUT2D eigenvalue weighted by Crippen LogP contribution is -2.16. The number of rotatable bonds is 6. The number of benzene rings is 2. The molecular weight excluding hydrogens is 368 g/mol. The second-order valence-electron chi connectivity index (χ2n) is 5.63. The highest BCUT2D eigenvalue weighted by molar-refractivity contribution is 6.04. The molecule has 27 heavy (non-hydrogen) atoms. The smallest absolute Gasteiger partial charge is 0.367 e. The molecule has 0 heterocycles. The van der Waals surface area contributed by atoms with Gasteiger partial charge < -0.3 is 15.4 Å². The van der Waals surface area contributed by atoms with Crippen molar-refractivity contribution in [1.82, 2.24) is 0 Å². The van der Waals surface area contributed by atoms with E-state index in [9.17, 15) is 27.2 Å². The molecular formula is C18H16F4N2O3. The lowest BCUT2D eigenvalue weighted by atomic mass is 10.1. The Bertz CT molecular complexity index is 820. The summed E-state index contributed by atoms with van der Waals surface area (Å²) < 4.78 is 54.5. The predicted molar refractivity (Wildman–Crippen MR) is 90.8 cm³/mol. The lowest BCUT2D eigenvalue weighted by molar-refractivity contribution is -0.176. The Kier molecular flexibility index (Phi) is 6.51. The Morgan fingerprint density at radius 3 is 2.30 bits per heavy atom. The number of halogens is 4. The third-order valence-electron chi connectivity index (χ3n) is 3.29. The molecule has 2 amide bonds. The van der Waals surface area contributed by atoms with Gasteiger partial charge in [0.25, 0.3) is 5.91 Å². The Labute approximate surface area is 152 Å². The van der Waals surface area contributed by atoms with Crippen molar-refractivity contribution in [3.8, 4) is 0 Å². The number of carbonyl (C=O) groups is 2. The average Bonchev–Trinajstić information content (AvgIpc) is 2.57. The topological polar surface area (TPSA) is 67.4 Å². The van der Waals surface area contributed by atoms with E-state index in [-0.39, 0.29) is 23.8 Å². The number of carbonyl (C=O) groups excluding carboxylic acids is 2. The van der Waals surface area contributed by atoms with E-state index in [0.29, 0.717) is 11.3 Å². The molecule has 9 heteroatoms. The number of hydrogen-bond donors (Lipinski definition) is 2. The van der Waals surface area contributed by atoms with Crippen LogP contribution in [-0.4, -0.2) is 24.6 Å². The van der Waals surface area contributed by atoms with Crippen LogP contribution in [0.25, 0.3) is 0 Å².